The molecule has 2 aliphatic rings. The van der Waals surface area contributed by atoms with Crippen LogP contribution in [-0.4, -0.2) is 34.1 Å². The minimum atomic E-state index is -0.864. The van der Waals surface area contributed by atoms with Crippen molar-refractivity contribution in [3.63, 3.8) is 0 Å². The lowest BCUT2D eigenvalue weighted by Crippen LogP contribution is -2.47. The van der Waals surface area contributed by atoms with Crippen LogP contribution in [-0.2, 0) is 4.79 Å². The lowest BCUT2D eigenvalue weighted by Gasteiger charge is -2.35. The Morgan fingerprint density at radius 3 is 2.62 bits per heavy atom. The fourth-order valence-corrected chi connectivity index (χ4v) is 2.85. The Labute approximate surface area is 97.1 Å². The number of hydrogen-bond donors (Lipinski definition) is 1. The summed E-state index contributed by atoms with van der Waals surface area (Å²) in [7, 11) is 0. The molecule has 90 valence electrons. The molecule has 0 aromatic carbocycles. The van der Waals surface area contributed by atoms with E-state index in [1.807, 2.05) is 4.90 Å². The molecule has 1 saturated heterocycles. The van der Waals surface area contributed by atoms with Crippen molar-refractivity contribution >= 4 is 5.91 Å². The Morgan fingerprint density at radius 1 is 1.44 bits per heavy atom. The first kappa shape index (κ1) is 11.6. The van der Waals surface area contributed by atoms with Crippen LogP contribution in [0.15, 0.2) is 11.6 Å². The maximum absolute atomic E-state index is 11.9. The van der Waals surface area contributed by atoms with Gasteiger partial charge < -0.3 is 10.0 Å². The van der Waals surface area contributed by atoms with Gasteiger partial charge in [0.25, 0.3) is 5.91 Å². The van der Waals surface area contributed by atoms with Crippen molar-refractivity contribution in [1.82, 2.24) is 4.90 Å². The standard InChI is InChI=1S/C13H21NO2/c1-8(2)10-6-11-4-5-12(7-10)14(11)13(16)9(3)15/h6,8-9,11-12,15H,4-5,7H2,1-3H3/t9-,11?,12?/m0/s1. The molecule has 0 aromatic rings. The van der Waals surface area contributed by atoms with Gasteiger partial charge in [0, 0.05) is 6.04 Å². The fraction of sp³-hybridized carbons (Fsp3) is 0.769. The van der Waals surface area contributed by atoms with Crippen molar-refractivity contribution in [3.05, 3.63) is 11.6 Å². The molecule has 2 heterocycles. The van der Waals surface area contributed by atoms with Crippen molar-refractivity contribution < 1.29 is 9.90 Å². The van der Waals surface area contributed by atoms with Crippen LogP contribution in [0.1, 0.15) is 40.0 Å². The third kappa shape index (κ3) is 1.88. The number of aliphatic hydroxyl groups excluding tert-OH is 1. The summed E-state index contributed by atoms with van der Waals surface area (Å²) in [4.78, 5) is 13.8. The molecule has 1 amide bonds. The van der Waals surface area contributed by atoms with E-state index in [1.54, 1.807) is 6.92 Å². The van der Waals surface area contributed by atoms with E-state index in [4.69, 9.17) is 0 Å². The number of nitrogens with zero attached hydrogens (tertiary/aromatic N) is 1. The first-order valence-electron chi connectivity index (χ1n) is 6.21. The molecule has 3 heteroatoms. The zero-order valence-corrected chi connectivity index (χ0v) is 10.3. The summed E-state index contributed by atoms with van der Waals surface area (Å²) in [6.45, 7) is 5.97. The second-order valence-corrected chi connectivity index (χ2v) is 5.32. The quantitative estimate of drug-likeness (QED) is 0.724. The summed E-state index contributed by atoms with van der Waals surface area (Å²) >= 11 is 0. The maximum atomic E-state index is 11.9. The van der Waals surface area contributed by atoms with E-state index in [0.29, 0.717) is 12.0 Å². The van der Waals surface area contributed by atoms with Gasteiger partial charge in [-0.15, -0.1) is 0 Å². The number of fused-ring (bicyclic) bond motifs is 2. The van der Waals surface area contributed by atoms with Crippen molar-refractivity contribution in [1.29, 1.82) is 0 Å². The van der Waals surface area contributed by atoms with Crippen LogP contribution in [0.25, 0.3) is 0 Å². The van der Waals surface area contributed by atoms with E-state index in [9.17, 15) is 9.90 Å². The number of amides is 1. The number of rotatable bonds is 2. The molecule has 2 bridgehead atoms. The molecule has 2 unspecified atom stereocenters. The molecular formula is C13H21NO2. The third-order valence-electron chi connectivity index (χ3n) is 3.78. The van der Waals surface area contributed by atoms with Gasteiger partial charge in [0.15, 0.2) is 0 Å². The molecule has 0 aliphatic carbocycles. The highest BCUT2D eigenvalue weighted by Crippen LogP contribution is 2.37. The second kappa shape index (κ2) is 4.21. The first-order chi connectivity index (χ1) is 7.50. The van der Waals surface area contributed by atoms with E-state index in [1.165, 1.54) is 5.57 Å². The maximum Gasteiger partial charge on any atom is 0.251 e. The summed E-state index contributed by atoms with van der Waals surface area (Å²) < 4.78 is 0. The topological polar surface area (TPSA) is 40.5 Å². The monoisotopic (exact) mass is 223 g/mol. The number of aliphatic hydroxyl groups is 1. The molecule has 1 N–H and O–H groups in total. The Kier molecular flexibility index (Phi) is 3.06. The van der Waals surface area contributed by atoms with Gasteiger partial charge in [-0.25, -0.2) is 0 Å². The summed E-state index contributed by atoms with van der Waals surface area (Å²) in [5.74, 6) is 0.471. The molecule has 3 nitrogen and oxygen atoms in total. The Bertz CT molecular complexity index is 320. The highest BCUT2D eigenvalue weighted by atomic mass is 16.3. The van der Waals surface area contributed by atoms with Crippen molar-refractivity contribution in [3.8, 4) is 0 Å². The lowest BCUT2D eigenvalue weighted by atomic mass is 9.92. The normalized spacial score (nSPS) is 30.6. The van der Waals surface area contributed by atoms with E-state index < -0.39 is 6.10 Å². The molecular weight excluding hydrogens is 202 g/mol. The predicted octanol–water partition coefficient (Wildman–Crippen LogP) is 1.71. The first-order valence-corrected chi connectivity index (χ1v) is 6.21. The van der Waals surface area contributed by atoms with Gasteiger partial charge in [0.05, 0.1) is 6.04 Å². The highest BCUT2D eigenvalue weighted by molar-refractivity contribution is 5.81. The van der Waals surface area contributed by atoms with Gasteiger partial charge >= 0.3 is 0 Å². The summed E-state index contributed by atoms with van der Waals surface area (Å²) in [5.41, 5.74) is 1.47. The van der Waals surface area contributed by atoms with Gasteiger partial charge in [-0.3, -0.25) is 4.79 Å². The van der Waals surface area contributed by atoms with Crippen molar-refractivity contribution in [2.45, 2.75) is 58.2 Å². The zero-order valence-electron chi connectivity index (χ0n) is 10.3. The van der Waals surface area contributed by atoms with Crippen LogP contribution in [0.3, 0.4) is 0 Å². The fourth-order valence-electron chi connectivity index (χ4n) is 2.85. The van der Waals surface area contributed by atoms with Gasteiger partial charge in [0.1, 0.15) is 6.10 Å². The second-order valence-electron chi connectivity index (χ2n) is 5.32. The van der Waals surface area contributed by atoms with E-state index in [2.05, 4.69) is 19.9 Å². The Balaban J connectivity index is 2.19. The minimum absolute atomic E-state index is 0.105. The lowest BCUT2D eigenvalue weighted by molar-refractivity contribution is -0.141. The van der Waals surface area contributed by atoms with Gasteiger partial charge in [0.2, 0.25) is 0 Å². The molecule has 1 fully saturated rings. The van der Waals surface area contributed by atoms with Crippen LogP contribution < -0.4 is 0 Å². The molecule has 2 rings (SSSR count). The molecule has 0 spiro atoms. The SMILES string of the molecule is CC(C)C1=CC2CCC(C1)N2C(=O)[C@H](C)O. The van der Waals surface area contributed by atoms with Crippen LogP contribution in [0.2, 0.25) is 0 Å². The van der Waals surface area contributed by atoms with Gasteiger partial charge in [-0.1, -0.05) is 25.5 Å². The largest absolute Gasteiger partial charge is 0.384 e. The Morgan fingerprint density at radius 2 is 2.12 bits per heavy atom. The molecule has 3 atom stereocenters. The van der Waals surface area contributed by atoms with Crippen molar-refractivity contribution in [2.24, 2.45) is 5.92 Å². The number of carbonyl (C=O) groups excluding carboxylic acids is 1. The minimum Gasteiger partial charge on any atom is -0.384 e. The molecule has 0 radical (unpaired) electrons. The van der Waals surface area contributed by atoms with Crippen LogP contribution in [0.5, 0.6) is 0 Å². The van der Waals surface area contributed by atoms with Gasteiger partial charge in [-0.05, 0) is 32.1 Å². The van der Waals surface area contributed by atoms with E-state index in [0.717, 1.165) is 19.3 Å². The van der Waals surface area contributed by atoms with Crippen LogP contribution >= 0.6 is 0 Å². The average molecular weight is 223 g/mol. The van der Waals surface area contributed by atoms with Crippen LogP contribution in [0.4, 0.5) is 0 Å². The summed E-state index contributed by atoms with van der Waals surface area (Å²) in [6, 6.07) is 0.563. The number of carbonyl (C=O) groups is 1. The van der Waals surface area contributed by atoms with Gasteiger partial charge in [-0.2, -0.15) is 0 Å². The third-order valence-corrected chi connectivity index (χ3v) is 3.78. The van der Waals surface area contributed by atoms with E-state index >= 15 is 0 Å². The predicted molar refractivity (Wildman–Crippen MR) is 62.9 cm³/mol. The van der Waals surface area contributed by atoms with Crippen molar-refractivity contribution in [2.75, 3.05) is 0 Å². The molecule has 2 aliphatic heterocycles. The highest BCUT2D eigenvalue weighted by Gasteiger charge is 2.40. The van der Waals surface area contributed by atoms with Crippen LogP contribution in [0, 0.1) is 5.92 Å². The average Bonchev–Trinajstić information content (AvgIpc) is 2.46. The summed E-state index contributed by atoms with van der Waals surface area (Å²) in [5, 5.41) is 9.40. The molecule has 0 saturated carbocycles. The smallest absolute Gasteiger partial charge is 0.251 e. The zero-order chi connectivity index (χ0) is 11.9. The summed E-state index contributed by atoms with van der Waals surface area (Å²) in [6.07, 6.45) is 4.51. The van der Waals surface area contributed by atoms with E-state index in [-0.39, 0.29) is 11.9 Å². The molecule has 16 heavy (non-hydrogen) atoms. The number of hydrogen-bond acceptors (Lipinski definition) is 2. The molecule has 0 aromatic heterocycles. The Hall–Kier alpha value is -0.830.